The van der Waals surface area contributed by atoms with Gasteiger partial charge < -0.3 is 10.7 Å². The molecule has 0 aliphatic rings. The molecule has 4 rings (SSSR count). The molecule has 0 aliphatic heterocycles. The highest BCUT2D eigenvalue weighted by atomic mass is 32.1. The number of hydrogen-bond acceptors (Lipinski definition) is 5. The van der Waals surface area contributed by atoms with Gasteiger partial charge in [-0.1, -0.05) is 0 Å². The Hall–Kier alpha value is -2.54. The topological polar surface area (TPSA) is 80.5 Å². The highest BCUT2D eigenvalue weighted by Crippen LogP contribution is 2.30. The van der Waals surface area contributed by atoms with Crippen LogP contribution in [0, 0.1) is 5.82 Å². The van der Waals surface area contributed by atoms with E-state index in [2.05, 4.69) is 19.9 Å². The molecule has 20 heavy (non-hydrogen) atoms. The Balaban J connectivity index is 2.03. The molecule has 4 aromatic heterocycles. The minimum atomic E-state index is -0.400. The standard InChI is InChI=1S/C13H8FN5S/c14-6-3-8-9(5-17-11(8)16-4-6)12-18-10(15)7-1-2-20-13(7)19-12/h1-5H,(H,16,17)(H2,15,18,19). The molecule has 0 aliphatic carbocycles. The summed E-state index contributed by atoms with van der Waals surface area (Å²) in [7, 11) is 0. The number of fused-ring (bicyclic) bond motifs is 2. The van der Waals surface area contributed by atoms with Crippen LogP contribution in [0.4, 0.5) is 10.2 Å². The maximum absolute atomic E-state index is 13.4. The predicted octanol–water partition coefficient (Wildman–Crippen LogP) is 2.96. The minimum absolute atomic E-state index is 0.400. The van der Waals surface area contributed by atoms with Gasteiger partial charge in [0.1, 0.15) is 22.1 Å². The number of aromatic nitrogens is 4. The fourth-order valence-electron chi connectivity index (χ4n) is 2.16. The molecule has 0 amide bonds. The van der Waals surface area contributed by atoms with Crippen molar-refractivity contribution in [2.45, 2.75) is 0 Å². The van der Waals surface area contributed by atoms with Crippen molar-refractivity contribution in [2.75, 3.05) is 5.73 Å². The quantitative estimate of drug-likeness (QED) is 0.563. The summed E-state index contributed by atoms with van der Waals surface area (Å²) in [5.74, 6) is 0.490. The third-order valence-corrected chi connectivity index (χ3v) is 3.90. The number of rotatable bonds is 1. The van der Waals surface area contributed by atoms with E-state index in [1.165, 1.54) is 23.6 Å². The van der Waals surface area contributed by atoms with Crippen molar-refractivity contribution in [3.63, 3.8) is 0 Å². The first-order chi connectivity index (χ1) is 9.72. The van der Waals surface area contributed by atoms with Crippen LogP contribution in [-0.4, -0.2) is 19.9 Å². The van der Waals surface area contributed by atoms with Gasteiger partial charge >= 0.3 is 0 Å². The molecule has 0 fully saturated rings. The Kier molecular flexibility index (Phi) is 2.25. The summed E-state index contributed by atoms with van der Waals surface area (Å²) in [5.41, 5.74) is 7.22. The van der Waals surface area contributed by atoms with E-state index in [4.69, 9.17) is 5.73 Å². The fraction of sp³-hybridized carbons (Fsp3) is 0. The molecule has 4 heterocycles. The Morgan fingerprint density at radius 1 is 1.25 bits per heavy atom. The zero-order chi connectivity index (χ0) is 13.7. The lowest BCUT2D eigenvalue weighted by molar-refractivity contribution is 0.624. The van der Waals surface area contributed by atoms with Crippen LogP contribution in [0.5, 0.6) is 0 Å². The number of aromatic amines is 1. The maximum Gasteiger partial charge on any atom is 0.165 e. The van der Waals surface area contributed by atoms with Crippen LogP contribution in [0.3, 0.4) is 0 Å². The second kappa shape index (κ2) is 3.97. The predicted molar refractivity (Wildman–Crippen MR) is 76.9 cm³/mol. The summed E-state index contributed by atoms with van der Waals surface area (Å²) in [5, 5.41) is 3.39. The lowest BCUT2D eigenvalue weighted by Crippen LogP contribution is -1.95. The number of nitrogens with one attached hydrogen (secondary N) is 1. The van der Waals surface area contributed by atoms with Crippen molar-refractivity contribution in [1.82, 2.24) is 19.9 Å². The molecule has 0 spiro atoms. The summed E-state index contributed by atoms with van der Waals surface area (Å²) < 4.78 is 13.4. The second-order valence-corrected chi connectivity index (χ2v) is 5.22. The summed E-state index contributed by atoms with van der Waals surface area (Å²) in [4.78, 5) is 16.6. The van der Waals surface area contributed by atoms with Crippen molar-refractivity contribution >= 4 is 38.4 Å². The molecule has 0 saturated heterocycles. The van der Waals surface area contributed by atoms with E-state index >= 15 is 0 Å². The summed E-state index contributed by atoms with van der Waals surface area (Å²) in [6.07, 6.45) is 2.88. The van der Waals surface area contributed by atoms with Gasteiger partial charge in [0.25, 0.3) is 0 Å². The van der Waals surface area contributed by atoms with Gasteiger partial charge in [0.2, 0.25) is 0 Å². The smallest absolute Gasteiger partial charge is 0.165 e. The number of H-pyrrole nitrogens is 1. The number of nitrogens with zero attached hydrogens (tertiary/aromatic N) is 3. The molecule has 0 unspecified atom stereocenters. The van der Waals surface area contributed by atoms with E-state index in [-0.39, 0.29) is 0 Å². The molecule has 3 N–H and O–H groups in total. The molecule has 5 nitrogen and oxygen atoms in total. The monoisotopic (exact) mass is 285 g/mol. The molecule has 0 bridgehead atoms. The number of anilines is 1. The number of halogens is 1. The van der Waals surface area contributed by atoms with E-state index in [0.29, 0.717) is 28.2 Å². The molecule has 0 radical (unpaired) electrons. The zero-order valence-electron chi connectivity index (χ0n) is 10.1. The normalized spacial score (nSPS) is 11.4. The van der Waals surface area contributed by atoms with Crippen LogP contribution in [0.25, 0.3) is 32.6 Å². The number of thiophene rings is 1. The molecule has 0 saturated carbocycles. The van der Waals surface area contributed by atoms with Crippen LogP contribution in [0.2, 0.25) is 0 Å². The van der Waals surface area contributed by atoms with Crippen molar-refractivity contribution in [3.05, 3.63) is 35.7 Å². The zero-order valence-corrected chi connectivity index (χ0v) is 10.9. The highest BCUT2D eigenvalue weighted by molar-refractivity contribution is 7.16. The number of nitrogen functional groups attached to an aromatic ring is 1. The molecule has 98 valence electrons. The van der Waals surface area contributed by atoms with Crippen LogP contribution in [0.15, 0.2) is 29.9 Å². The van der Waals surface area contributed by atoms with E-state index in [1.807, 2.05) is 11.4 Å². The number of nitrogens with two attached hydrogens (primary N) is 1. The van der Waals surface area contributed by atoms with Gasteiger partial charge in [0.05, 0.1) is 11.6 Å². The molecular formula is C13H8FN5S. The Morgan fingerprint density at radius 3 is 3.05 bits per heavy atom. The molecule has 7 heteroatoms. The summed E-state index contributed by atoms with van der Waals surface area (Å²) >= 11 is 1.49. The lowest BCUT2D eigenvalue weighted by atomic mass is 10.2. The van der Waals surface area contributed by atoms with Gasteiger partial charge in [-0.3, -0.25) is 0 Å². The first-order valence-corrected chi connectivity index (χ1v) is 6.74. The number of hydrogen-bond donors (Lipinski definition) is 2. The minimum Gasteiger partial charge on any atom is -0.383 e. The second-order valence-electron chi connectivity index (χ2n) is 4.32. The molecule has 0 atom stereocenters. The summed E-state index contributed by atoms with van der Waals surface area (Å²) in [6.45, 7) is 0. The molecule has 4 aromatic rings. The lowest BCUT2D eigenvalue weighted by Gasteiger charge is -2.01. The summed E-state index contributed by atoms with van der Waals surface area (Å²) in [6, 6.07) is 3.29. The first-order valence-electron chi connectivity index (χ1n) is 5.86. The van der Waals surface area contributed by atoms with Crippen molar-refractivity contribution in [3.8, 4) is 11.4 Å². The molecular weight excluding hydrogens is 277 g/mol. The number of pyridine rings is 1. The van der Waals surface area contributed by atoms with E-state index < -0.39 is 5.82 Å². The van der Waals surface area contributed by atoms with Crippen LogP contribution < -0.4 is 5.73 Å². The Morgan fingerprint density at radius 2 is 2.15 bits per heavy atom. The third kappa shape index (κ3) is 1.56. The van der Waals surface area contributed by atoms with Crippen molar-refractivity contribution in [1.29, 1.82) is 0 Å². The van der Waals surface area contributed by atoms with Crippen LogP contribution >= 0.6 is 11.3 Å². The van der Waals surface area contributed by atoms with Crippen LogP contribution in [0.1, 0.15) is 0 Å². The fourth-order valence-corrected chi connectivity index (χ4v) is 2.93. The Bertz CT molecular complexity index is 942. The van der Waals surface area contributed by atoms with Gasteiger partial charge in [-0.05, 0) is 17.5 Å². The van der Waals surface area contributed by atoms with Gasteiger partial charge in [-0.25, -0.2) is 19.3 Å². The van der Waals surface area contributed by atoms with E-state index in [0.717, 1.165) is 10.2 Å². The van der Waals surface area contributed by atoms with Gasteiger partial charge in [0.15, 0.2) is 5.82 Å². The average Bonchev–Trinajstić information content (AvgIpc) is 3.04. The SMILES string of the molecule is Nc1nc(-c2c[nH]c3ncc(F)cc23)nc2sccc12. The van der Waals surface area contributed by atoms with Gasteiger partial charge in [0, 0.05) is 17.1 Å². The van der Waals surface area contributed by atoms with Crippen molar-refractivity contribution in [2.24, 2.45) is 0 Å². The van der Waals surface area contributed by atoms with Crippen molar-refractivity contribution < 1.29 is 4.39 Å². The first kappa shape index (κ1) is 11.3. The average molecular weight is 285 g/mol. The van der Waals surface area contributed by atoms with Crippen LogP contribution in [-0.2, 0) is 0 Å². The molecule has 0 aromatic carbocycles. The van der Waals surface area contributed by atoms with E-state index in [9.17, 15) is 4.39 Å². The van der Waals surface area contributed by atoms with E-state index in [1.54, 1.807) is 6.20 Å². The largest absolute Gasteiger partial charge is 0.383 e. The Labute approximate surface area is 116 Å². The third-order valence-electron chi connectivity index (χ3n) is 3.09. The highest BCUT2D eigenvalue weighted by Gasteiger charge is 2.13. The maximum atomic E-state index is 13.4. The van der Waals surface area contributed by atoms with Gasteiger partial charge in [-0.15, -0.1) is 11.3 Å². The van der Waals surface area contributed by atoms with Gasteiger partial charge in [-0.2, -0.15) is 0 Å².